The summed E-state index contributed by atoms with van der Waals surface area (Å²) in [5.41, 5.74) is 4.10. The zero-order valence-electron chi connectivity index (χ0n) is 19.3. The van der Waals surface area contributed by atoms with Gasteiger partial charge in [0.05, 0.1) is 17.8 Å². The first-order valence-electron chi connectivity index (χ1n) is 11.8. The third kappa shape index (κ3) is 3.87. The van der Waals surface area contributed by atoms with Gasteiger partial charge in [-0.25, -0.2) is 4.98 Å². The van der Waals surface area contributed by atoms with Crippen molar-refractivity contribution in [2.24, 2.45) is 0 Å². The van der Waals surface area contributed by atoms with E-state index < -0.39 is 6.04 Å². The maximum atomic E-state index is 13.5. The van der Waals surface area contributed by atoms with E-state index in [1.807, 2.05) is 18.2 Å². The van der Waals surface area contributed by atoms with E-state index in [-0.39, 0.29) is 28.0 Å². The number of halogens is 1. The van der Waals surface area contributed by atoms with Crippen LogP contribution in [0, 0.1) is 6.92 Å². The lowest BCUT2D eigenvalue weighted by molar-refractivity contribution is -0.124. The first kappa shape index (κ1) is 21.9. The van der Waals surface area contributed by atoms with E-state index in [1.165, 1.54) is 4.57 Å². The summed E-state index contributed by atoms with van der Waals surface area (Å²) in [5, 5.41) is 7.59. The van der Waals surface area contributed by atoms with Gasteiger partial charge in [-0.15, -0.1) is 0 Å². The lowest BCUT2D eigenvalue weighted by atomic mass is 10.0. The van der Waals surface area contributed by atoms with Gasteiger partial charge < -0.3 is 15.6 Å². The molecule has 3 N–H and O–H groups in total. The minimum absolute atomic E-state index is 0.195. The molecule has 1 saturated carbocycles. The summed E-state index contributed by atoms with van der Waals surface area (Å²) >= 11 is 6.50. The molecule has 1 atom stereocenters. The molecule has 0 saturated heterocycles. The highest BCUT2D eigenvalue weighted by Gasteiger charge is 2.46. The topological polar surface area (TPSA) is 105 Å². The maximum absolute atomic E-state index is 13.5. The molecule has 0 radical (unpaired) electrons. The third-order valence-corrected chi connectivity index (χ3v) is 7.34. The molecule has 1 aliphatic heterocycles. The Bertz CT molecular complexity index is 1490. The monoisotopic (exact) mass is 488 g/mol. The van der Waals surface area contributed by atoms with Crippen molar-refractivity contribution in [3.8, 4) is 0 Å². The summed E-state index contributed by atoms with van der Waals surface area (Å²) < 4.78 is 1.52. The average Bonchev–Trinajstić information content (AvgIpc) is 3.30. The van der Waals surface area contributed by atoms with Crippen LogP contribution in [0.15, 0.2) is 53.6 Å². The quantitative estimate of drug-likeness (QED) is 0.380. The van der Waals surface area contributed by atoms with E-state index in [4.69, 9.17) is 11.6 Å². The molecule has 1 aromatic carbocycles. The van der Waals surface area contributed by atoms with E-state index in [0.29, 0.717) is 25.1 Å². The number of fused-ring (bicyclic) bond motifs is 2. The number of hydrogen-bond acceptors (Lipinski definition) is 5. The van der Waals surface area contributed by atoms with Crippen LogP contribution in [0.4, 0.5) is 5.82 Å². The number of carbonyl (C=O) groups excluding carboxylic acids is 1. The molecule has 1 amide bonds. The zero-order chi connectivity index (χ0) is 24.2. The van der Waals surface area contributed by atoms with Crippen LogP contribution in [-0.2, 0) is 23.3 Å². The smallest absolute Gasteiger partial charge is 0.294 e. The van der Waals surface area contributed by atoms with Gasteiger partial charge in [0, 0.05) is 29.0 Å². The van der Waals surface area contributed by atoms with Gasteiger partial charge in [0.1, 0.15) is 6.04 Å². The highest BCUT2D eigenvalue weighted by atomic mass is 35.5. The van der Waals surface area contributed by atoms with Gasteiger partial charge in [-0.05, 0) is 50.3 Å². The molecule has 6 rings (SSSR count). The van der Waals surface area contributed by atoms with E-state index in [1.54, 1.807) is 12.4 Å². The summed E-state index contributed by atoms with van der Waals surface area (Å²) in [7, 11) is 0. The number of aromatic amines is 1. The number of benzene rings is 1. The van der Waals surface area contributed by atoms with Gasteiger partial charge in [-0.1, -0.05) is 41.4 Å². The number of nitrogens with one attached hydrogen (secondary N) is 3. The van der Waals surface area contributed by atoms with Gasteiger partial charge in [-0.3, -0.25) is 19.1 Å². The number of amides is 1. The highest BCUT2D eigenvalue weighted by molar-refractivity contribution is 6.30. The largest absolute Gasteiger partial charge is 0.357 e. The van der Waals surface area contributed by atoms with Crippen LogP contribution in [0.3, 0.4) is 0 Å². The molecule has 1 unspecified atom stereocenters. The van der Waals surface area contributed by atoms with Crippen LogP contribution in [0.2, 0.25) is 5.15 Å². The fourth-order valence-electron chi connectivity index (χ4n) is 5.04. The van der Waals surface area contributed by atoms with Gasteiger partial charge in [0.25, 0.3) is 5.56 Å². The van der Waals surface area contributed by atoms with Crippen molar-refractivity contribution in [1.29, 1.82) is 0 Å². The predicted molar refractivity (Wildman–Crippen MR) is 135 cm³/mol. The Morgan fingerprint density at radius 3 is 2.91 bits per heavy atom. The van der Waals surface area contributed by atoms with Crippen LogP contribution in [0.25, 0.3) is 10.9 Å². The van der Waals surface area contributed by atoms with E-state index in [2.05, 4.69) is 50.7 Å². The van der Waals surface area contributed by atoms with Crippen molar-refractivity contribution in [3.63, 3.8) is 0 Å². The Balaban J connectivity index is 1.25. The van der Waals surface area contributed by atoms with Crippen molar-refractivity contribution < 1.29 is 4.79 Å². The van der Waals surface area contributed by atoms with E-state index >= 15 is 0 Å². The molecular formula is C26H25ClN6O2. The Hall–Kier alpha value is -3.65. The maximum Gasteiger partial charge on any atom is 0.294 e. The molecule has 2 aliphatic rings. The van der Waals surface area contributed by atoms with Gasteiger partial charge in [0.2, 0.25) is 5.91 Å². The van der Waals surface area contributed by atoms with Crippen LogP contribution in [0.5, 0.6) is 0 Å². The fraction of sp³-hybridized carbons (Fsp3) is 0.308. The van der Waals surface area contributed by atoms with Crippen molar-refractivity contribution >= 4 is 34.2 Å². The molecule has 178 valence electrons. The number of H-pyrrole nitrogens is 1. The second-order valence-electron chi connectivity index (χ2n) is 9.48. The molecule has 1 fully saturated rings. The van der Waals surface area contributed by atoms with Crippen molar-refractivity contribution in [2.45, 2.75) is 50.7 Å². The summed E-state index contributed by atoms with van der Waals surface area (Å²) in [4.78, 5) is 38.5. The predicted octanol–water partition coefficient (Wildman–Crippen LogP) is 3.99. The molecule has 4 aromatic rings. The summed E-state index contributed by atoms with van der Waals surface area (Å²) in [6.45, 7) is 2.38. The second kappa shape index (κ2) is 8.23. The lowest BCUT2D eigenvalue weighted by Gasteiger charge is -2.21. The number of rotatable bonds is 6. The SMILES string of the molecule is Cc1cccc(C2(Nc3nc(Cl)c4n(c3=O)C(C(=O)NCc3cc5cnccc5[nH]3)CC4)CC2)c1. The molecule has 8 nitrogen and oxygen atoms in total. The lowest BCUT2D eigenvalue weighted by Crippen LogP contribution is -2.37. The number of pyridine rings is 1. The summed E-state index contributed by atoms with van der Waals surface area (Å²) in [6.07, 6.45) is 6.34. The molecule has 9 heteroatoms. The Morgan fingerprint density at radius 2 is 2.14 bits per heavy atom. The number of aryl methyl sites for hydroxylation is 1. The number of carbonyl (C=O) groups is 1. The number of anilines is 1. The van der Waals surface area contributed by atoms with Crippen molar-refractivity contribution in [1.82, 2.24) is 24.8 Å². The first-order chi connectivity index (χ1) is 16.9. The average molecular weight is 489 g/mol. The Morgan fingerprint density at radius 1 is 1.29 bits per heavy atom. The third-order valence-electron chi connectivity index (χ3n) is 7.04. The first-order valence-corrected chi connectivity index (χ1v) is 12.2. The normalized spacial score (nSPS) is 17.8. The fourth-order valence-corrected chi connectivity index (χ4v) is 5.31. The molecule has 4 heterocycles. The summed E-state index contributed by atoms with van der Waals surface area (Å²) in [6, 6.07) is 11.5. The number of hydrogen-bond donors (Lipinski definition) is 3. The number of aromatic nitrogens is 4. The highest BCUT2D eigenvalue weighted by Crippen LogP contribution is 2.48. The minimum Gasteiger partial charge on any atom is -0.357 e. The van der Waals surface area contributed by atoms with E-state index in [0.717, 1.165) is 40.6 Å². The van der Waals surface area contributed by atoms with Gasteiger partial charge >= 0.3 is 0 Å². The Kier molecular flexibility index (Phi) is 5.14. The Labute approximate surface area is 206 Å². The zero-order valence-corrected chi connectivity index (χ0v) is 20.0. The number of nitrogens with zero attached hydrogens (tertiary/aromatic N) is 3. The van der Waals surface area contributed by atoms with Crippen LogP contribution in [0.1, 0.15) is 47.8 Å². The van der Waals surface area contributed by atoms with Gasteiger partial charge in [-0.2, -0.15) is 0 Å². The minimum atomic E-state index is -0.626. The summed E-state index contributed by atoms with van der Waals surface area (Å²) in [5.74, 6) is -0.0174. The van der Waals surface area contributed by atoms with Crippen molar-refractivity contribution in [2.75, 3.05) is 5.32 Å². The molecular weight excluding hydrogens is 464 g/mol. The molecule has 3 aromatic heterocycles. The van der Waals surface area contributed by atoms with Crippen molar-refractivity contribution in [3.05, 3.63) is 86.8 Å². The molecule has 1 aliphatic carbocycles. The molecule has 35 heavy (non-hydrogen) atoms. The van der Waals surface area contributed by atoms with Crippen LogP contribution >= 0.6 is 11.6 Å². The van der Waals surface area contributed by atoms with Gasteiger partial charge in [0.15, 0.2) is 11.0 Å². The molecule has 0 spiro atoms. The van der Waals surface area contributed by atoms with E-state index in [9.17, 15) is 9.59 Å². The second-order valence-corrected chi connectivity index (χ2v) is 9.84. The standard InChI is InChI=1S/C26H25ClN6O2/c1-15-3-2-4-17(11-15)26(8-9-26)32-23-25(35)33-20(22(27)31-23)5-6-21(33)24(34)29-14-18-12-16-13-28-10-7-19(16)30-18/h2-4,7,10-13,21,30H,5-6,8-9,14H2,1H3,(H,29,34)(H,31,32). The molecule has 0 bridgehead atoms. The van der Waals surface area contributed by atoms with Crippen LogP contribution < -0.4 is 16.2 Å². The van der Waals surface area contributed by atoms with Crippen LogP contribution in [-0.4, -0.2) is 25.4 Å².